The largest absolute Gasteiger partial charge is 0.490 e. The normalized spacial score (nSPS) is 15.1. The van der Waals surface area contributed by atoms with Gasteiger partial charge in [-0.2, -0.15) is 0 Å². The van der Waals surface area contributed by atoms with E-state index in [0.717, 1.165) is 16.7 Å². The Bertz CT molecular complexity index is 1360. The molecular formula is C27H23Cl3N2O4S. The lowest BCUT2D eigenvalue weighted by atomic mass is 9.92. The Balaban J connectivity index is 1.71. The Morgan fingerprint density at radius 3 is 2.38 bits per heavy atom. The molecule has 1 heterocycles. The van der Waals surface area contributed by atoms with Gasteiger partial charge in [-0.15, -0.1) is 0 Å². The van der Waals surface area contributed by atoms with Crippen LogP contribution in [0.4, 0.5) is 0 Å². The molecule has 10 heteroatoms. The highest BCUT2D eigenvalue weighted by Gasteiger charge is 2.33. The summed E-state index contributed by atoms with van der Waals surface area (Å²) in [5, 5.41) is 8.14. The summed E-state index contributed by atoms with van der Waals surface area (Å²) in [5.74, 6) is 0.550. The molecule has 0 aliphatic carbocycles. The Morgan fingerprint density at radius 1 is 0.946 bits per heavy atom. The molecule has 1 atom stereocenters. The first-order chi connectivity index (χ1) is 17.8. The van der Waals surface area contributed by atoms with Crippen LogP contribution < -0.4 is 20.1 Å². The minimum absolute atomic E-state index is 0.264. The zero-order chi connectivity index (χ0) is 26.5. The summed E-state index contributed by atoms with van der Waals surface area (Å²) in [7, 11) is 1.34. The lowest BCUT2D eigenvalue weighted by Gasteiger charge is -2.31. The molecule has 1 aliphatic rings. The van der Waals surface area contributed by atoms with E-state index in [1.165, 1.54) is 7.11 Å². The third-order valence-corrected chi connectivity index (χ3v) is 6.80. The van der Waals surface area contributed by atoms with Crippen LogP contribution >= 0.6 is 47.0 Å². The van der Waals surface area contributed by atoms with Crippen molar-refractivity contribution >= 4 is 63.8 Å². The Hall–Kier alpha value is -2.97. The summed E-state index contributed by atoms with van der Waals surface area (Å²) >= 11 is 23.7. The highest BCUT2D eigenvalue weighted by atomic mass is 35.5. The number of halogens is 3. The molecule has 2 N–H and O–H groups in total. The maximum Gasteiger partial charge on any atom is 0.338 e. The number of methoxy groups -OCH3 is 1. The minimum Gasteiger partial charge on any atom is -0.490 e. The number of esters is 1. The van der Waals surface area contributed by atoms with Gasteiger partial charge < -0.3 is 24.8 Å². The van der Waals surface area contributed by atoms with Gasteiger partial charge in [0.05, 0.1) is 41.1 Å². The van der Waals surface area contributed by atoms with Crippen molar-refractivity contribution in [2.24, 2.45) is 0 Å². The predicted octanol–water partition coefficient (Wildman–Crippen LogP) is 6.73. The van der Waals surface area contributed by atoms with E-state index in [2.05, 4.69) is 10.6 Å². The van der Waals surface area contributed by atoms with Gasteiger partial charge in [-0.1, -0.05) is 59.1 Å². The van der Waals surface area contributed by atoms with Crippen LogP contribution in [0.15, 0.2) is 66.2 Å². The molecule has 0 saturated heterocycles. The van der Waals surface area contributed by atoms with Crippen LogP contribution in [0.3, 0.4) is 0 Å². The third-order valence-electron chi connectivity index (χ3n) is 5.59. The molecule has 0 aromatic heterocycles. The van der Waals surface area contributed by atoms with Crippen molar-refractivity contribution in [3.8, 4) is 11.5 Å². The van der Waals surface area contributed by atoms with Crippen LogP contribution in [0.5, 0.6) is 11.5 Å². The molecule has 3 aromatic carbocycles. The van der Waals surface area contributed by atoms with Gasteiger partial charge in [-0.25, -0.2) is 4.79 Å². The van der Waals surface area contributed by atoms with Crippen molar-refractivity contribution in [2.75, 3.05) is 13.7 Å². The lowest BCUT2D eigenvalue weighted by Crippen LogP contribution is -2.45. The van der Waals surface area contributed by atoms with Crippen LogP contribution in [-0.2, 0) is 16.1 Å². The number of carbonyl (C=O) groups excluding carboxylic acids is 1. The van der Waals surface area contributed by atoms with Gasteiger partial charge in [0.2, 0.25) is 0 Å². The average molecular weight is 578 g/mol. The minimum atomic E-state index is -0.602. The smallest absolute Gasteiger partial charge is 0.338 e. The second-order valence-electron chi connectivity index (χ2n) is 7.99. The zero-order valence-corrected chi connectivity index (χ0v) is 23.0. The van der Waals surface area contributed by atoms with Crippen molar-refractivity contribution in [2.45, 2.75) is 19.6 Å². The van der Waals surface area contributed by atoms with Gasteiger partial charge in [0, 0.05) is 5.02 Å². The maximum absolute atomic E-state index is 13.0. The standard InChI is InChI=1S/C27H23Cl3N2O4S/c1-3-35-22-13-17(7-11-21(22)36-14-15-4-10-19(29)20(30)12-15)25-23(26(33)34-2)24(31-27(37)32-25)16-5-8-18(28)9-6-16/h4-13,25H,3,14H2,1-2H3,(H2,31,32,37)/t25-/m1/s1. The fraction of sp³-hybridized carbons (Fsp3) is 0.185. The second-order valence-corrected chi connectivity index (χ2v) is 9.65. The maximum atomic E-state index is 13.0. The number of nitrogens with one attached hydrogen (secondary N) is 2. The number of ether oxygens (including phenoxy) is 3. The van der Waals surface area contributed by atoms with E-state index in [1.807, 2.05) is 37.3 Å². The molecule has 192 valence electrons. The SMILES string of the molecule is CCOc1cc([C@H]2NC(=S)NC(c3ccc(Cl)cc3)=C2C(=O)OC)ccc1OCc1ccc(Cl)c(Cl)c1. The Morgan fingerprint density at radius 2 is 1.70 bits per heavy atom. The molecular weight excluding hydrogens is 555 g/mol. The van der Waals surface area contributed by atoms with Gasteiger partial charge >= 0.3 is 5.97 Å². The van der Waals surface area contributed by atoms with Crippen molar-refractivity contribution < 1.29 is 19.0 Å². The van der Waals surface area contributed by atoms with Crippen LogP contribution in [0.1, 0.15) is 29.7 Å². The molecule has 0 saturated carbocycles. The van der Waals surface area contributed by atoms with Gasteiger partial charge in [-0.05, 0) is 72.2 Å². The number of thiocarbonyl (C=S) groups is 1. The number of hydrogen-bond acceptors (Lipinski definition) is 5. The zero-order valence-electron chi connectivity index (χ0n) is 19.9. The molecule has 0 radical (unpaired) electrons. The molecule has 3 aromatic rings. The molecule has 4 rings (SSSR count). The Kier molecular flexibility index (Phi) is 8.82. The predicted molar refractivity (Wildman–Crippen MR) is 150 cm³/mol. The first-order valence-corrected chi connectivity index (χ1v) is 12.8. The van der Waals surface area contributed by atoms with Crippen molar-refractivity contribution in [1.29, 1.82) is 0 Å². The van der Waals surface area contributed by atoms with Crippen molar-refractivity contribution in [3.63, 3.8) is 0 Å². The summed E-state index contributed by atoms with van der Waals surface area (Å²) < 4.78 is 17.0. The van der Waals surface area contributed by atoms with Gasteiger partial charge in [-0.3, -0.25) is 0 Å². The third kappa shape index (κ3) is 6.30. The average Bonchev–Trinajstić information content (AvgIpc) is 2.89. The fourth-order valence-electron chi connectivity index (χ4n) is 3.87. The topological polar surface area (TPSA) is 68.8 Å². The van der Waals surface area contributed by atoms with Gasteiger partial charge in [0.15, 0.2) is 16.6 Å². The number of carbonyl (C=O) groups is 1. The van der Waals surface area contributed by atoms with Gasteiger partial charge in [0.25, 0.3) is 0 Å². The number of benzene rings is 3. The number of hydrogen-bond donors (Lipinski definition) is 2. The monoisotopic (exact) mass is 576 g/mol. The summed E-state index contributed by atoms with van der Waals surface area (Å²) in [6.45, 7) is 2.56. The van der Waals surface area contributed by atoms with Crippen LogP contribution in [-0.4, -0.2) is 24.8 Å². The van der Waals surface area contributed by atoms with E-state index < -0.39 is 12.0 Å². The quantitative estimate of drug-likeness (QED) is 0.227. The Labute approximate surface area is 235 Å². The van der Waals surface area contributed by atoms with Crippen LogP contribution in [0.25, 0.3) is 5.70 Å². The summed E-state index contributed by atoms with van der Waals surface area (Å²) in [6.07, 6.45) is 0. The molecule has 0 spiro atoms. The molecule has 0 amide bonds. The molecule has 0 fully saturated rings. The molecule has 0 unspecified atom stereocenters. The molecule has 6 nitrogen and oxygen atoms in total. The summed E-state index contributed by atoms with van der Waals surface area (Å²) in [6, 6.07) is 17.3. The first kappa shape index (κ1) is 27.1. The highest BCUT2D eigenvalue weighted by molar-refractivity contribution is 7.80. The van der Waals surface area contributed by atoms with Crippen molar-refractivity contribution in [3.05, 3.63) is 98.0 Å². The molecule has 37 heavy (non-hydrogen) atoms. The summed E-state index contributed by atoms with van der Waals surface area (Å²) in [5.41, 5.74) is 3.24. The van der Waals surface area contributed by atoms with Crippen LogP contribution in [0, 0.1) is 0 Å². The first-order valence-electron chi connectivity index (χ1n) is 11.3. The number of rotatable bonds is 8. The van der Waals surface area contributed by atoms with Crippen LogP contribution in [0.2, 0.25) is 15.1 Å². The summed E-state index contributed by atoms with van der Waals surface area (Å²) in [4.78, 5) is 13.0. The molecule has 1 aliphatic heterocycles. The molecule has 0 bridgehead atoms. The van der Waals surface area contributed by atoms with Crippen molar-refractivity contribution in [1.82, 2.24) is 10.6 Å². The van der Waals surface area contributed by atoms with E-state index >= 15 is 0 Å². The van der Waals surface area contributed by atoms with Gasteiger partial charge in [0.1, 0.15) is 6.61 Å². The van der Waals surface area contributed by atoms with E-state index in [9.17, 15) is 4.79 Å². The second kappa shape index (κ2) is 12.0. The van der Waals surface area contributed by atoms with E-state index in [1.54, 1.807) is 30.3 Å². The fourth-order valence-corrected chi connectivity index (χ4v) is 4.54. The lowest BCUT2D eigenvalue weighted by molar-refractivity contribution is -0.136. The van der Waals surface area contributed by atoms with E-state index in [4.69, 9.17) is 61.2 Å². The van der Waals surface area contributed by atoms with E-state index in [-0.39, 0.29) is 6.61 Å². The van der Waals surface area contributed by atoms with E-state index in [0.29, 0.717) is 49.6 Å². The highest BCUT2D eigenvalue weighted by Crippen LogP contribution is 2.37.